The molecule has 0 aliphatic carbocycles. The summed E-state index contributed by atoms with van der Waals surface area (Å²) in [4.78, 5) is 12.4. The van der Waals surface area contributed by atoms with Crippen LogP contribution in [0.25, 0.3) is 11.1 Å². The lowest BCUT2D eigenvalue weighted by atomic mass is 10.1. The fourth-order valence-corrected chi connectivity index (χ4v) is 3.01. The van der Waals surface area contributed by atoms with Gasteiger partial charge in [0.1, 0.15) is 11.6 Å². The quantitative estimate of drug-likeness (QED) is 0.656. The van der Waals surface area contributed by atoms with Gasteiger partial charge in [-0.05, 0) is 39.3 Å². The summed E-state index contributed by atoms with van der Waals surface area (Å²) in [5, 5.41) is 7.43. The van der Waals surface area contributed by atoms with Crippen molar-refractivity contribution in [2.75, 3.05) is 11.9 Å². The van der Waals surface area contributed by atoms with Crippen molar-refractivity contribution in [1.82, 2.24) is 9.78 Å². The van der Waals surface area contributed by atoms with E-state index < -0.39 is 0 Å². The highest BCUT2D eigenvalue weighted by atomic mass is 16.5. The molecule has 0 aliphatic heterocycles. The van der Waals surface area contributed by atoms with E-state index in [1.165, 1.54) is 0 Å². The normalized spacial score (nSPS) is 11.3. The van der Waals surface area contributed by atoms with Gasteiger partial charge in [0, 0.05) is 11.6 Å². The molecule has 28 heavy (non-hydrogen) atoms. The van der Waals surface area contributed by atoms with Crippen LogP contribution in [-0.4, -0.2) is 22.3 Å². The molecule has 3 rings (SSSR count). The highest BCUT2D eigenvalue weighted by Crippen LogP contribution is 2.29. The van der Waals surface area contributed by atoms with Crippen molar-refractivity contribution in [2.45, 2.75) is 39.7 Å². The number of para-hydroxylation sites is 1. The first kappa shape index (κ1) is 19.7. The molecule has 0 atom stereocenters. The van der Waals surface area contributed by atoms with Crippen molar-refractivity contribution < 1.29 is 9.53 Å². The number of hydrogen-bond donors (Lipinski definition) is 1. The van der Waals surface area contributed by atoms with Crippen LogP contribution in [-0.2, 0) is 10.3 Å². The first-order valence-corrected chi connectivity index (χ1v) is 9.49. The monoisotopic (exact) mass is 377 g/mol. The number of amides is 1. The number of ether oxygens (including phenoxy) is 1. The molecule has 0 aliphatic rings. The van der Waals surface area contributed by atoms with Gasteiger partial charge in [0.2, 0.25) is 5.91 Å². The standard InChI is InChI=1S/C23H27N3O2/c1-17-16-21(26(25-17)23(2,3)4)24-22(27)14-15-28-20-13-9-8-12-19(20)18-10-6-5-7-11-18/h5-13,16H,14-15H2,1-4H3,(H,24,27). The average molecular weight is 377 g/mol. The average Bonchev–Trinajstić information content (AvgIpc) is 3.03. The van der Waals surface area contributed by atoms with E-state index in [1.807, 2.05) is 72.3 Å². The van der Waals surface area contributed by atoms with Gasteiger partial charge < -0.3 is 10.1 Å². The van der Waals surface area contributed by atoms with Gasteiger partial charge >= 0.3 is 0 Å². The minimum atomic E-state index is -0.206. The molecule has 1 heterocycles. The molecular formula is C23H27N3O2. The number of carbonyl (C=O) groups excluding carboxylic acids is 1. The molecular weight excluding hydrogens is 350 g/mol. The maximum atomic E-state index is 12.4. The topological polar surface area (TPSA) is 56.1 Å². The summed E-state index contributed by atoms with van der Waals surface area (Å²) in [6, 6.07) is 19.8. The summed E-state index contributed by atoms with van der Waals surface area (Å²) >= 11 is 0. The Kier molecular flexibility index (Phi) is 5.83. The predicted octanol–water partition coefficient (Wildman–Crippen LogP) is 5.02. The molecule has 0 saturated carbocycles. The third-order valence-corrected chi connectivity index (χ3v) is 4.29. The highest BCUT2D eigenvalue weighted by molar-refractivity contribution is 5.90. The van der Waals surface area contributed by atoms with Crippen molar-refractivity contribution >= 4 is 11.7 Å². The van der Waals surface area contributed by atoms with E-state index in [0.29, 0.717) is 12.4 Å². The van der Waals surface area contributed by atoms with Crippen molar-refractivity contribution in [3.8, 4) is 16.9 Å². The second-order valence-corrected chi connectivity index (χ2v) is 7.76. The zero-order chi connectivity index (χ0) is 20.1. The van der Waals surface area contributed by atoms with Crippen LogP contribution >= 0.6 is 0 Å². The molecule has 1 N–H and O–H groups in total. The summed E-state index contributed by atoms with van der Waals surface area (Å²) in [5.74, 6) is 1.39. The van der Waals surface area contributed by atoms with Crippen LogP contribution in [0.2, 0.25) is 0 Å². The largest absolute Gasteiger partial charge is 0.492 e. The summed E-state index contributed by atoms with van der Waals surface area (Å²) in [7, 11) is 0. The van der Waals surface area contributed by atoms with Gasteiger partial charge in [-0.3, -0.25) is 4.79 Å². The summed E-state index contributed by atoms with van der Waals surface area (Å²) < 4.78 is 7.76. The summed E-state index contributed by atoms with van der Waals surface area (Å²) in [5.41, 5.74) is 2.78. The van der Waals surface area contributed by atoms with Crippen molar-refractivity contribution in [1.29, 1.82) is 0 Å². The third-order valence-electron chi connectivity index (χ3n) is 4.29. The van der Waals surface area contributed by atoms with Gasteiger partial charge in [-0.15, -0.1) is 0 Å². The van der Waals surface area contributed by atoms with Gasteiger partial charge in [-0.25, -0.2) is 4.68 Å². The van der Waals surface area contributed by atoms with Crippen molar-refractivity contribution in [3.05, 3.63) is 66.4 Å². The van der Waals surface area contributed by atoms with E-state index in [9.17, 15) is 4.79 Å². The third kappa shape index (κ3) is 4.80. The van der Waals surface area contributed by atoms with Crippen LogP contribution in [0, 0.1) is 6.92 Å². The molecule has 0 unspecified atom stereocenters. The Morgan fingerprint density at radius 3 is 2.46 bits per heavy atom. The maximum Gasteiger partial charge on any atom is 0.228 e. The molecule has 1 aromatic heterocycles. The Bertz CT molecular complexity index is 940. The van der Waals surface area contributed by atoms with Crippen LogP contribution in [0.3, 0.4) is 0 Å². The van der Waals surface area contributed by atoms with Crippen LogP contribution in [0.15, 0.2) is 60.7 Å². The number of hydrogen-bond acceptors (Lipinski definition) is 3. The van der Waals surface area contributed by atoms with E-state index in [4.69, 9.17) is 4.74 Å². The number of carbonyl (C=O) groups is 1. The van der Waals surface area contributed by atoms with E-state index in [2.05, 4.69) is 31.2 Å². The fourth-order valence-electron chi connectivity index (χ4n) is 3.01. The number of nitrogens with zero attached hydrogens (tertiary/aromatic N) is 2. The Morgan fingerprint density at radius 1 is 1.07 bits per heavy atom. The number of benzene rings is 2. The smallest absolute Gasteiger partial charge is 0.228 e. The summed E-state index contributed by atoms with van der Waals surface area (Å²) in [6.07, 6.45) is 0.261. The molecule has 146 valence electrons. The van der Waals surface area contributed by atoms with Crippen molar-refractivity contribution in [3.63, 3.8) is 0 Å². The first-order valence-electron chi connectivity index (χ1n) is 9.49. The Morgan fingerprint density at radius 2 is 1.75 bits per heavy atom. The molecule has 0 spiro atoms. The molecule has 5 heteroatoms. The van der Waals surface area contributed by atoms with Crippen LogP contribution < -0.4 is 10.1 Å². The minimum absolute atomic E-state index is 0.0948. The van der Waals surface area contributed by atoms with Gasteiger partial charge in [0.15, 0.2) is 0 Å². The SMILES string of the molecule is Cc1cc(NC(=O)CCOc2ccccc2-c2ccccc2)n(C(C)(C)C)n1. The van der Waals surface area contributed by atoms with E-state index in [0.717, 1.165) is 22.6 Å². The van der Waals surface area contributed by atoms with Crippen LogP contribution in [0.4, 0.5) is 5.82 Å². The lowest BCUT2D eigenvalue weighted by molar-refractivity contribution is -0.116. The molecule has 0 fully saturated rings. The fraction of sp³-hybridized carbons (Fsp3) is 0.304. The lowest BCUT2D eigenvalue weighted by Crippen LogP contribution is -2.27. The van der Waals surface area contributed by atoms with Crippen LogP contribution in [0.1, 0.15) is 32.9 Å². The minimum Gasteiger partial charge on any atom is -0.492 e. The van der Waals surface area contributed by atoms with Gasteiger partial charge in [-0.2, -0.15) is 5.10 Å². The lowest BCUT2D eigenvalue weighted by Gasteiger charge is -2.22. The Labute approximate surface area is 166 Å². The second-order valence-electron chi connectivity index (χ2n) is 7.76. The number of nitrogens with one attached hydrogen (secondary N) is 1. The molecule has 3 aromatic rings. The molecule has 0 saturated heterocycles. The van der Waals surface area contributed by atoms with E-state index >= 15 is 0 Å². The van der Waals surface area contributed by atoms with Gasteiger partial charge in [0.25, 0.3) is 0 Å². The number of aryl methyl sites for hydroxylation is 1. The maximum absolute atomic E-state index is 12.4. The number of rotatable bonds is 6. The first-order chi connectivity index (χ1) is 13.3. The second kappa shape index (κ2) is 8.30. The number of anilines is 1. The Hall–Kier alpha value is -3.08. The zero-order valence-corrected chi connectivity index (χ0v) is 16.9. The van der Waals surface area contributed by atoms with E-state index in [1.54, 1.807) is 0 Å². The molecule has 1 amide bonds. The van der Waals surface area contributed by atoms with Gasteiger partial charge in [0.05, 0.1) is 24.3 Å². The van der Waals surface area contributed by atoms with E-state index in [-0.39, 0.29) is 17.9 Å². The highest BCUT2D eigenvalue weighted by Gasteiger charge is 2.20. The molecule has 5 nitrogen and oxygen atoms in total. The number of aromatic nitrogens is 2. The molecule has 0 radical (unpaired) electrons. The molecule has 0 bridgehead atoms. The predicted molar refractivity (Wildman–Crippen MR) is 113 cm³/mol. The van der Waals surface area contributed by atoms with Crippen molar-refractivity contribution in [2.24, 2.45) is 0 Å². The van der Waals surface area contributed by atoms with Crippen LogP contribution in [0.5, 0.6) is 5.75 Å². The summed E-state index contributed by atoms with van der Waals surface area (Å²) in [6.45, 7) is 8.38. The van der Waals surface area contributed by atoms with Gasteiger partial charge in [-0.1, -0.05) is 48.5 Å². The molecule has 2 aromatic carbocycles. The zero-order valence-electron chi connectivity index (χ0n) is 16.9. The Balaban J connectivity index is 1.62.